The number of rotatable bonds is 6. The van der Waals surface area contributed by atoms with Gasteiger partial charge in [0.15, 0.2) is 0 Å². The SMILES string of the molecule is Cc1nc(C)c(C#N)c(SCC(=O)NCC(=O)Nc2ccccc2Br)n1. The predicted octanol–water partition coefficient (Wildman–Crippen LogP) is 2.57. The van der Waals surface area contributed by atoms with Gasteiger partial charge >= 0.3 is 0 Å². The number of carbonyl (C=O) groups is 2. The number of halogens is 1. The molecule has 134 valence electrons. The van der Waals surface area contributed by atoms with E-state index in [1.807, 2.05) is 12.1 Å². The minimum Gasteiger partial charge on any atom is -0.346 e. The maximum atomic E-state index is 12.0. The summed E-state index contributed by atoms with van der Waals surface area (Å²) in [5.74, 6) is -0.0682. The Bertz CT molecular complexity index is 882. The molecule has 1 heterocycles. The van der Waals surface area contributed by atoms with Crippen LogP contribution < -0.4 is 10.6 Å². The highest BCUT2D eigenvalue weighted by Gasteiger charge is 2.13. The molecule has 0 spiro atoms. The van der Waals surface area contributed by atoms with E-state index in [0.29, 0.717) is 27.8 Å². The number of aromatic nitrogens is 2. The molecular weight excluding hydrogens is 418 g/mol. The third-order valence-corrected chi connectivity index (χ3v) is 4.88. The van der Waals surface area contributed by atoms with Gasteiger partial charge in [0.25, 0.3) is 0 Å². The van der Waals surface area contributed by atoms with Gasteiger partial charge in [-0.3, -0.25) is 9.59 Å². The monoisotopic (exact) mass is 433 g/mol. The summed E-state index contributed by atoms with van der Waals surface area (Å²) in [5.41, 5.74) is 1.57. The Kier molecular flexibility index (Phi) is 7.12. The Morgan fingerprint density at radius 3 is 2.65 bits per heavy atom. The number of nitrogens with one attached hydrogen (secondary N) is 2. The zero-order chi connectivity index (χ0) is 19.1. The molecule has 0 unspecified atom stereocenters. The molecule has 1 aromatic carbocycles. The molecule has 0 aliphatic rings. The molecule has 9 heteroatoms. The summed E-state index contributed by atoms with van der Waals surface area (Å²) in [6.07, 6.45) is 0. The van der Waals surface area contributed by atoms with Crippen molar-refractivity contribution in [2.45, 2.75) is 18.9 Å². The predicted molar refractivity (Wildman–Crippen MR) is 103 cm³/mol. The first kappa shape index (κ1) is 19.9. The summed E-state index contributed by atoms with van der Waals surface area (Å²) >= 11 is 4.48. The van der Waals surface area contributed by atoms with Crippen LogP contribution in [0.1, 0.15) is 17.1 Å². The van der Waals surface area contributed by atoms with Crippen LogP contribution in [0.15, 0.2) is 33.8 Å². The largest absolute Gasteiger partial charge is 0.346 e. The van der Waals surface area contributed by atoms with Gasteiger partial charge in [-0.2, -0.15) is 5.26 Å². The number of thioether (sulfide) groups is 1. The third kappa shape index (κ3) is 5.54. The van der Waals surface area contributed by atoms with Crippen molar-refractivity contribution in [3.05, 3.63) is 45.8 Å². The lowest BCUT2D eigenvalue weighted by Gasteiger charge is -2.09. The van der Waals surface area contributed by atoms with E-state index in [1.54, 1.807) is 26.0 Å². The van der Waals surface area contributed by atoms with Crippen molar-refractivity contribution in [3.63, 3.8) is 0 Å². The van der Waals surface area contributed by atoms with E-state index in [9.17, 15) is 14.9 Å². The van der Waals surface area contributed by atoms with Crippen molar-refractivity contribution < 1.29 is 9.59 Å². The number of hydrogen-bond donors (Lipinski definition) is 2. The van der Waals surface area contributed by atoms with E-state index in [1.165, 1.54) is 0 Å². The summed E-state index contributed by atoms with van der Waals surface area (Å²) in [6.45, 7) is 3.31. The average molecular weight is 434 g/mol. The lowest BCUT2D eigenvalue weighted by Crippen LogP contribution is -2.34. The molecule has 0 bridgehead atoms. The Balaban J connectivity index is 1.85. The number of hydrogen-bond acceptors (Lipinski definition) is 6. The van der Waals surface area contributed by atoms with E-state index < -0.39 is 0 Å². The summed E-state index contributed by atoms with van der Waals surface area (Å²) in [7, 11) is 0. The molecule has 2 N–H and O–H groups in total. The van der Waals surface area contributed by atoms with Gasteiger partial charge in [-0.1, -0.05) is 23.9 Å². The van der Waals surface area contributed by atoms with E-state index in [0.717, 1.165) is 16.2 Å². The van der Waals surface area contributed by atoms with Crippen LogP contribution in [0.3, 0.4) is 0 Å². The van der Waals surface area contributed by atoms with Crippen LogP contribution in [0.25, 0.3) is 0 Å². The fourth-order valence-corrected chi connectivity index (χ4v) is 3.32. The molecule has 2 rings (SSSR count). The molecule has 7 nitrogen and oxygen atoms in total. The molecule has 1 aromatic heterocycles. The number of amides is 2. The Labute approximate surface area is 163 Å². The number of nitriles is 1. The van der Waals surface area contributed by atoms with Gasteiger partial charge in [-0.05, 0) is 41.9 Å². The Morgan fingerprint density at radius 1 is 1.23 bits per heavy atom. The van der Waals surface area contributed by atoms with Gasteiger partial charge in [0.05, 0.1) is 23.7 Å². The number of anilines is 1. The van der Waals surface area contributed by atoms with Gasteiger partial charge in [0.2, 0.25) is 11.8 Å². The Morgan fingerprint density at radius 2 is 1.96 bits per heavy atom. The molecule has 0 aliphatic carbocycles. The lowest BCUT2D eigenvalue weighted by molar-refractivity contribution is -0.122. The number of para-hydroxylation sites is 1. The van der Waals surface area contributed by atoms with Gasteiger partial charge in [0, 0.05) is 4.47 Å². The van der Waals surface area contributed by atoms with E-state index in [4.69, 9.17) is 0 Å². The van der Waals surface area contributed by atoms with Gasteiger partial charge < -0.3 is 10.6 Å². The fraction of sp³-hybridized carbons (Fsp3) is 0.235. The molecule has 0 aliphatic heterocycles. The first-order valence-corrected chi connectivity index (χ1v) is 9.37. The van der Waals surface area contributed by atoms with E-state index in [-0.39, 0.29) is 24.1 Å². The molecule has 0 fully saturated rings. The number of nitrogens with zero attached hydrogens (tertiary/aromatic N) is 3. The maximum absolute atomic E-state index is 12.0. The molecule has 0 saturated carbocycles. The van der Waals surface area contributed by atoms with Crippen LogP contribution in [0, 0.1) is 25.2 Å². The van der Waals surface area contributed by atoms with Crippen molar-refractivity contribution in [3.8, 4) is 6.07 Å². The number of aryl methyl sites for hydroxylation is 2. The number of benzene rings is 1. The molecule has 2 amide bonds. The topological polar surface area (TPSA) is 108 Å². The lowest BCUT2D eigenvalue weighted by atomic mass is 10.3. The highest BCUT2D eigenvalue weighted by molar-refractivity contribution is 9.10. The molecule has 2 aromatic rings. The van der Waals surface area contributed by atoms with Crippen LogP contribution in [0.4, 0.5) is 5.69 Å². The van der Waals surface area contributed by atoms with E-state index in [2.05, 4.69) is 42.6 Å². The first-order valence-electron chi connectivity index (χ1n) is 7.60. The highest BCUT2D eigenvalue weighted by atomic mass is 79.9. The standard InChI is InChI=1S/C17H16BrN5O2S/c1-10-12(7-19)17(22-11(2)21-10)26-9-16(25)20-8-15(24)23-14-6-4-3-5-13(14)18/h3-6H,8-9H2,1-2H3,(H,20,25)(H,23,24). The summed E-state index contributed by atoms with van der Waals surface area (Å²) < 4.78 is 0.758. The normalized spacial score (nSPS) is 10.1. The second-order valence-electron chi connectivity index (χ2n) is 5.24. The van der Waals surface area contributed by atoms with Crippen LogP contribution in [0.5, 0.6) is 0 Å². The van der Waals surface area contributed by atoms with Crippen LogP contribution in [-0.4, -0.2) is 34.1 Å². The number of carbonyl (C=O) groups excluding carboxylic acids is 2. The zero-order valence-electron chi connectivity index (χ0n) is 14.2. The van der Waals surface area contributed by atoms with Crippen molar-refractivity contribution in [1.82, 2.24) is 15.3 Å². The summed E-state index contributed by atoms with van der Waals surface area (Å²) in [6, 6.07) is 9.25. The zero-order valence-corrected chi connectivity index (χ0v) is 16.6. The van der Waals surface area contributed by atoms with Crippen molar-refractivity contribution in [1.29, 1.82) is 5.26 Å². The molecule has 26 heavy (non-hydrogen) atoms. The second kappa shape index (κ2) is 9.31. The fourth-order valence-electron chi connectivity index (χ4n) is 2.04. The van der Waals surface area contributed by atoms with Gasteiger partial charge in [0.1, 0.15) is 22.5 Å². The average Bonchev–Trinajstić information content (AvgIpc) is 2.59. The highest BCUT2D eigenvalue weighted by Crippen LogP contribution is 2.22. The summed E-state index contributed by atoms with van der Waals surface area (Å²) in [4.78, 5) is 32.2. The van der Waals surface area contributed by atoms with Crippen molar-refractivity contribution >= 4 is 45.2 Å². The van der Waals surface area contributed by atoms with Crippen molar-refractivity contribution in [2.75, 3.05) is 17.6 Å². The van der Waals surface area contributed by atoms with Gasteiger partial charge in [-0.25, -0.2) is 9.97 Å². The Hall–Kier alpha value is -2.44. The van der Waals surface area contributed by atoms with Crippen molar-refractivity contribution in [2.24, 2.45) is 0 Å². The molecular formula is C17H16BrN5O2S. The minimum absolute atomic E-state index is 0.0485. The summed E-state index contributed by atoms with van der Waals surface area (Å²) in [5, 5.41) is 14.9. The second-order valence-corrected chi connectivity index (χ2v) is 7.06. The molecule has 0 radical (unpaired) electrons. The van der Waals surface area contributed by atoms with Crippen LogP contribution in [-0.2, 0) is 9.59 Å². The quantitative estimate of drug-likeness (QED) is 0.535. The van der Waals surface area contributed by atoms with Crippen LogP contribution in [0.2, 0.25) is 0 Å². The molecule has 0 atom stereocenters. The van der Waals surface area contributed by atoms with Crippen LogP contribution >= 0.6 is 27.7 Å². The minimum atomic E-state index is -0.332. The van der Waals surface area contributed by atoms with E-state index >= 15 is 0 Å². The maximum Gasteiger partial charge on any atom is 0.243 e. The first-order chi connectivity index (χ1) is 12.4. The molecule has 0 saturated heterocycles. The smallest absolute Gasteiger partial charge is 0.243 e. The third-order valence-electron chi connectivity index (χ3n) is 3.21. The van der Waals surface area contributed by atoms with Gasteiger partial charge in [-0.15, -0.1) is 0 Å².